The molecular weight excluding hydrogens is 358 g/mol. The zero-order valence-electron chi connectivity index (χ0n) is 14.4. The molecule has 0 aliphatic carbocycles. The fourth-order valence-electron chi connectivity index (χ4n) is 2.84. The third-order valence-electron chi connectivity index (χ3n) is 4.16. The van der Waals surface area contributed by atoms with Crippen LogP contribution in [0.4, 0.5) is 5.69 Å². The van der Waals surface area contributed by atoms with Gasteiger partial charge in [0.2, 0.25) is 11.5 Å². The fourth-order valence-corrected chi connectivity index (χ4v) is 2.84. The molecule has 4 aromatic heterocycles. The number of imidazole rings is 1. The maximum atomic E-state index is 12.5. The molecule has 4 heterocycles. The molecule has 0 bridgehead atoms. The molecule has 0 atom stereocenters. The van der Waals surface area contributed by atoms with Gasteiger partial charge >= 0.3 is 0 Å². The minimum atomic E-state index is -0.379. The Kier molecular flexibility index (Phi) is 3.72. The van der Waals surface area contributed by atoms with E-state index in [1.807, 2.05) is 41.1 Å². The van der Waals surface area contributed by atoms with Crippen LogP contribution in [0.2, 0.25) is 0 Å². The highest BCUT2D eigenvalue weighted by molar-refractivity contribution is 6.03. The van der Waals surface area contributed by atoms with Gasteiger partial charge in [-0.2, -0.15) is 0 Å². The van der Waals surface area contributed by atoms with Crippen molar-refractivity contribution < 1.29 is 13.7 Å². The number of aromatic nitrogens is 4. The Hall–Kier alpha value is -4.20. The van der Waals surface area contributed by atoms with Crippen LogP contribution in [0, 0.1) is 0 Å². The summed E-state index contributed by atoms with van der Waals surface area (Å²) in [6, 6.07) is 14.2. The number of hydrogen-bond donors (Lipinski definition) is 1. The molecule has 0 fully saturated rings. The van der Waals surface area contributed by atoms with Crippen molar-refractivity contribution >= 4 is 17.4 Å². The Morgan fingerprint density at radius 3 is 2.89 bits per heavy atom. The van der Waals surface area contributed by atoms with E-state index in [1.54, 1.807) is 24.4 Å². The van der Waals surface area contributed by atoms with Crippen molar-refractivity contribution in [3.8, 4) is 22.8 Å². The number of benzene rings is 1. The molecule has 5 aromatic rings. The minimum absolute atomic E-state index is 0.161. The van der Waals surface area contributed by atoms with E-state index in [-0.39, 0.29) is 11.6 Å². The van der Waals surface area contributed by atoms with Gasteiger partial charge in [-0.25, -0.2) is 9.97 Å². The molecule has 0 spiro atoms. The van der Waals surface area contributed by atoms with Gasteiger partial charge < -0.3 is 14.3 Å². The van der Waals surface area contributed by atoms with Crippen LogP contribution in [0.15, 0.2) is 82.3 Å². The summed E-state index contributed by atoms with van der Waals surface area (Å²) in [5, 5.41) is 6.63. The number of carbonyl (C=O) groups excluding carboxylic acids is 1. The van der Waals surface area contributed by atoms with Crippen LogP contribution in [-0.2, 0) is 0 Å². The van der Waals surface area contributed by atoms with E-state index in [9.17, 15) is 4.79 Å². The number of nitrogens with one attached hydrogen (secondary N) is 1. The predicted octanol–water partition coefficient (Wildman–Crippen LogP) is 3.90. The predicted molar refractivity (Wildman–Crippen MR) is 101 cm³/mol. The molecule has 5 rings (SSSR count). The lowest BCUT2D eigenvalue weighted by Gasteiger charge is -2.04. The second-order valence-electron chi connectivity index (χ2n) is 6.04. The van der Waals surface area contributed by atoms with Crippen molar-refractivity contribution in [1.82, 2.24) is 19.5 Å². The van der Waals surface area contributed by atoms with Gasteiger partial charge in [0.15, 0.2) is 11.5 Å². The summed E-state index contributed by atoms with van der Waals surface area (Å²) < 4.78 is 12.3. The van der Waals surface area contributed by atoms with Crippen molar-refractivity contribution in [1.29, 1.82) is 0 Å². The summed E-state index contributed by atoms with van der Waals surface area (Å²) in [7, 11) is 0. The topological polar surface area (TPSA) is 98.5 Å². The number of furan rings is 1. The van der Waals surface area contributed by atoms with Crippen LogP contribution in [0.5, 0.6) is 0 Å². The highest BCUT2D eigenvalue weighted by Gasteiger charge is 2.16. The first-order chi connectivity index (χ1) is 13.8. The minimum Gasteiger partial charge on any atom is -0.461 e. The zero-order chi connectivity index (χ0) is 18.9. The van der Waals surface area contributed by atoms with E-state index in [0.717, 1.165) is 11.3 Å². The lowest BCUT2D eigenvalue weighted by Crippen LogP contribution is -2.12. The Balaban J connectivity index is 1.38. The SMILES string of the molecule is O=C(Nc1cccc(-c2cn3cccnc3n2)c1)c1cc(-c2ccco2)on1. The van der Waals surface area contributed by atoms with Gasteiger partial charge in [-0.3, -0.25) is 9.20 Å². The highest BCUT2D eigenvalue weighted by atomic mass is 16.5. The second-order valence-corrected chi connectivity index (χ2v) is 6.04. The molecule has 0 saturated carbocycles. The van der Waals surface area contributed by atoms with Crippen molar-refractivity contribution in [3.63, 3.8) is 0 Å². The van der Waals surface area contributed by atoms with E-state index in [1.165, 1.54) is 12.3 Å². The van der Waals surface area contributed by atoms with E-state index in [2.05, 4.69) is 20.4 Å². The standard InChI is InChI=1S/C20H13N5O3/c26-19(15-11-18(28-24-15)17-6-2-9-27-17)22-14-5-1-4-13(10-14)16-12-25-8-3-7-21-20(25)23-16/h1-12H,(H,22,26). The number of anilines is 1. The number of nitrogens with zero attached hydrogens (tertiary/aromatic N) is 4. The van der Waals surface area contributed by atoms with E-state index >= 15 is 0 Å². The maximum Gasteiger partial charge on any atom is 0.277 e. The van der Waals surface area contributed by atoms with Gasteiger partial charge in [0, 0.05) is 35.9 Å². The van der Waals surface area contributed by atoms with Gasteiger partial charge in [-0.15, -0.1) is 0 Å². The summed E-state index contributed by atoms with van der Waals surface area (Å²) in [5.41, 5.74) is 2.40. The third-order valence-corrected chi connectivity index (χ3v) is 4.16. The Morgan fingerprint density at radius 1 is 1.07 bits per heavy atom. The molecule has 0 unspecified atom stereocenters. The van der Waals surface area contributed by atoms with E-state index in [0.29, 0.717) is 23.0 Å². The number of rotatable bonds is 4. The second kappa shape index (κ2) is 6.51. The number of amides is 1. The zero-order valence-corrected chi connectivity index (χ0v) is 14.4. The lowest BCUT2D eigenvalue weighted by atomic mass is 10.1. The summed E-state index contributed by atoms with van der Waals surface area (Å²) in [6.45, 7) is 0. The maximum absolute atomic E-state index is 12.5. The first kappa shape index (κ1) is 16.0. The molecule has 0 saturated heterocycles. The first-order valence-corrected chi connectivity index (χ1v) is 8.48. The Labute approximate surface area is 158 Å². The van der Waals surface area contributed by atoms with Crippen LogP contribution in [0.25, 0.3) is 28.6 Å². The van der Waals surface area contributed by atoms with Gasteiger partial charge in [0.05, 0.1) is 12.0 Å². The average Bonchev–Trinajstić information content (AvgIpc) is 3.47. The molecule has 1 amide bonds. The van der Waals surface area contributed by atoms with Crippen LogP contribution >= 0.6 is 0 Å². The van der Waals surface area contributed by atoms with Crippen molar-refractivity contribution in [2.45, 2.75) is 0 Å². The van der Waals surface area contributed by atoms with Crippen LogP contribution < -0.4 is 5.32 Å². The fraction of sp³-hybridized carbons (Fsp3) is 0. The first-order valence-electron chi connectivity index (χ1n) is 8.48. The number of carbonyl (C=O) groups is 1. The van der Waals surface area contributed by atoms with E-state index < -0.39 is 0 Å². The molecule has 8 nitrogen and oxygen atoms in total. The highest BCUT2D eigenvalue weighted by Crippen LogP contribution is 2.24. The van der Waals surface area contributed by atoms with Crippen LogP contribution in [0.3, 0.4) is 0 Å². The smallest absolute Gasteiger partial charge is 0.277 e. The Morgan fingerprint density at radius 2 is 2.04 bits per heavy atom. The van der Waals surface area contributed by atoms with Gasteiger partial charge in [-0.05, 0) is 30.3 Å². The molecular formula is C20H13N5O3. The summed E-state index contributed by atoms with van der Waals surface area (Å²) in [4.78, 5) is 21.2. The van der Waals surface area contributed by atoms with Gasteiger partial charge in [0.25, 0.3) is 5.91 Å². The average molecular weight is 371 g/mol. The summed E-state index contributed by atoms with van der Waals surface area (Å²) in [5.74, 6) is 1.13. The van der Waals surface area contributed by atoms with Gasteiger partial charge in [0.1, 0.15) is 0 Å². The molecule has 0 aliphatic rings. The number of hydrogen-bond acceptors (Lipinski definition) is 6. The molecule has 0 aliphatic heterocycles. The number of fused-ring (bicyclic) bond motifs is 1. The molecule has 0 radical (unpaired) electrons. The van der Waals surface area contributed by atoms with Crippen molar-refractivity contribution in [2.24, 2.45) is 0 Å². The lowest BCUT2D eigenvalue weighted by molar-refractivity contribution is 0.101. The van der Waals surface area contributed by atoms with E-state index in [4.69, 9.17) is 8.94 Å². The molecule has 136 valence electrons. The third kappa shape index (κ3) is 2.92. The monoisotopic (exact) mass is 371 g/mol. The van der Waals surface area contributed by atoms with Crippen molar-refractivity contribution in [3.05, 3.63) is 79.1 Å². The normalized spacial score (nSPS) is 11.0. The van der Waals surface area contributed by atoms with Crippen LogP contribution in [0.1, 0.15) is 10.5 Å². The molecule has 1 aromatic carbocycles. The summed E-state index contributed by atoms with van der Waals surface area (Å²) >= 11 is 0. The Bertz CT molecular complexity index is 1240. The molecule has 28 heavy (non-hydrogen) atoms. The molecule has 8 heteroatoms. The quantitative estimate of drug-likeness (QED) is 0.514. The van der Waals surface area contributed by atoms with Crippen molar-refractivity contribution in [2.75, 3.05) is 5.32 Å². The molecule has 1 N–H and O–H groups in total. The summed E-state index contributed by atoms with van der Waals surface area (Å²) in [6.07, 6.45) is 6.98. The van der Waals surface area contributed by atoms with Gasteiger partial charge in [-0.1, -0.05) is 17.3 Å². The largest absolute Gasteiger partial charge is 0.461 e. The van der Waals surface area contributed by atoms with Crippen LogP contribution in [-0.4, -0.2) is 25.4 Å².